The van der Waals surface area contributed by atoms with E-state index in [0.29, 0.717) is 13.5 Å². The van der Waals surface area contributed by atoms with Crippen molar-refractivity contribution in [3.05, 3.63) is 71.3 Å². The molecule has 1 aliphatic rings. The van der Waals surface area contributed by atoms with Crippen LogP contribution in [-0.4, -0.2) is 11.6 Å². The van der Waals surface area contributed by atoms with Crippen LogP contribution in [0.15, 0.2) is 66.0 Å². The summed E-state index contributed by atoms with van der Waals surface area (Å²) in [4.78, 5) is 12.0. The van der Waals surface area contributed by atoms with E-state index >= 15 is 0 Å². The molecule has 0 bridgehead atoms. The van der Waals surface area contributed by atoms with Crippen molar-refractivity contribution < 1.29 is 9.30 Å². The van der Waals surface area contributed by atoms with Gasteiger partial charge in [-0.25, -0.2) is 0 Å². The van der Waals surface area contributed by atoms with Crippen LogP contribution in [0, 0.1) is 4.91 Å². The van der Waals surface area contributed by atoms with Gasteiger partial charge in [0.2, 0.25) is 0 Å². The monoisotopic (exact) mass is 300 g/mol. The fourth-order valence-electron chi connectivity index (χ4n) is 2.00. The van der Waals surface area contributed by atoms with Crippen molar-refractivity contribution in [2.24, 2.45) is 5.18 Å². The van der Waals surface area contributed by atoms with E-state index in [4.69, 9.17) is 4.74 Å². The van der Waals surface area contributed by atoms with Crippen molar-refractivity contribution in [1.82, 2.24) is 4.90 Å². The third-order valence-electron chi connectivity index (χ3n) is 3.36. The van der Waals surface area contributed by atoms with Crippen LogP contribution in [0.5, 0.6) is 0 Å². The van der Waals surface area contributed by atoms with Gasteiger partial charge in [-0.1, -0.05) is 20.8 Å². The summed E-state index contributed by atoms with van der Waals surface area (Å²) in [6.45, 7) is 7.52. The van der Waals surface area contributed by atoms with Crippen molar-refractivity contribution in [2.45, 2.75) is 32.9 Å². The Bertz CT molecular complexity index is 579. The number of ether oxygens (including phenoxy) is 1. The minimum Gasteiger partial charge on any atom is -0.331 e. The lowest BCUT2D eigenvalue weighted by Gasteiger charge is -2.18. The predicted octanol–water partition coefficient (Wildman–Crippen LogP) is 3.20. The van der Waals surface area contributed by atoms with E-state index in [1.165, 1.54) is 11.8 Å². The maximum absolute atomic E-state index is 10.1. The van der Waals surface area contributed by atoms with Gasteiger partial charge in [-0.3, -0.25) is 0 Å². The number of pyridine rings is 1. The van der Waals surface area contributed by atoms with Crippen molar-refractivity contribution >= 4 is 0 Å². The van der Waals surface area contributed by atoms with Crippen LogP contribution >= 0.6 is 0 Å². The first-order valence-electron chi connectivity index (χ1n) is 7.21. The van der Waals surface area contributed by atoms with Gasteiger partial charge in [0.25, 0.3) is 6.73 Å². The van der Waals surface area contributed by atoms with Crippen molar-refractivity contribution in [3.63, 3.8) is 0 Å². The van der Waals surface area contributed by atoms with Crippen LogP contribution in [0.2, 0.25) is 0 Å². The highest BCUT2D eigenvalue weighted by Crippen LogP contribution is 2.20. The zero-order chi connectivity index (χ0) is 16.0. The van der Waals surface area contributed by atoms with E-state index < -0.39 is 0 Å². The smallest absolute Gasteiger partial charge is 0.254 e. The molecular weight excluding hydrogens is 278 g/mol. The van der Waals surface area contributed by atoms with Crippen molar-refractivity contribution in [3.8, 4) is 0 Å². The maximum Gasteiger partial charge on any atom is 0.254 e. The van der Waals surface area contributed by atoms with E-state index in [9.17, 15) is 4.91 Å². The highest BCUT2D eigenvalue weighted by molar-refractivity contribution is 5.32. The van der Waals surface area contributed by atoms with Gasteiger partial charge in [0, 0.05) is 24.5 Å². The quantitative estimate of drug-likeness (QED) is 0.619. The van der Waals surface area contributed by atoms with E-state index in [-0.39, 0.29) is 5.41 Å². The van der Waals surface area contributed by atoms with E-state index in [0.717, 1.165) is 5.57 Å². The second kappa shape index (κ2) is 7.13. The summed E-state index contributed by atoms with van der Waals surface area (Å²) < 4.78 is 7.66. The lowest BCUT2D eigenvalue weighted by atomic mass is 9.88. The lowest BCUT2D eigenvalue weighted by molar-refractivity contribution is -0.733. The molecule has 116 valence electrons. The first-order chi connectivity index (χ1) is 10.5. The average molecular weight is 300 g/mol. The molecule has 0 N–H and O–H groups in total. The summed E-state index contributed by atoms with van der Waals surface area (Å²) in [5.41, 5.74) is 2.23. The van der Waals surface area contributed by atoms with E-state index in [1.54, 1.807) is 0 Å². The van der Waals surface area contributed by atoms with Gasteiger partial charge in [-0.15, -0.1) is 4.91 Å². The second-order valence-electron chi connectivity index (χ2n) is 6.19. The molecule has 0 atom stereocenters. The molecule has 1 aliphatic heterocycles. The molecule has 0 spiro atoms. The molecule has 0 unspecified atom stereocenters. The molecule has 0 fully saturated rings. The molecule has 22 heavy (non-hydrogen) atoms. The Morgan fingerprint density at radius 3 is 2.41 bits per heavy atom. The fourth-order valence-corrected chi connectivity index (χ4v) is 2.00. The number of hydrogen-bond donors (Lipinski definition) is 0. The van der Waals surface area contributed by atoms with Gasteiger partial charge >= 0.3 is 0 Å². The van der Waals surface area contributed by atoms with Crippen LogP contribution in [0.4, 0.5) is 0 Å². The van der Waals surface area contributed by atoms with Gasteiger partial charge in [-0.2, -0.15) is 4.57 Å². The molecule has 1 aromatic heterocycles. The van der Waals surface area contributed by atoms with Crippen LogP contribution < -0.4 is 4.57 Å². The largest absolute Gasteiger partial charge is 0.331 e. The van der Waals surface area contributed by atoms with Crippen LogP contribution in [-0.2, 0) is 16.9 Å². The Morgan fingerprint density at radius 1 is 1.23 bits per heavy atom. The highest BCUT2D eigenvalue weighted by Gasteiger charge is 2.14. The van der Waals surface area contributed by atoms with Gasteiger partial charge in [-0.05, 0) is 33.9 Å². The summed E-state index contributed by atoms with van der Waals surface area (Å²) in [5, 5.41) is 2.74. The van der Waals surface area contributed by atoms with E-state index in [2.05, 4.69) is 38.1 Å². The van der Waals surface area contributed by atoms with Gasteiger partial charge in [0.15, 0.2) is 12.4 Å². The fraction of sp³-hybridized carbons (Fsp3) is 0.353. The van der Waals surface area contributed by atoms with Crippen molar-refractivity contribution in [1.29, 1.82) is 0 Å². The first-order valence-corrected chi connectivity index (χ1v) is 7.21. The predicted molar refractivity (Wildman–Crippen MR) is 85.3 cm³/mol. The number of allylic oxidation sites excluding steroid dienone is 3. The van der Waals surface area contributed by atoms with Crippen LogP contribution in [0.25, 0.3) is 0 Å². The number of nitrogens with zero attached hydrogens (tertiary/aromatic N) is 3. The molecular formula is C17H22N3O2+. The third-order valence-corrected chi connectivity index (χ3v) is 3.36. The van der Waals surface area contributed by atoms with Gasteiger partial charge in [0.1, 0.15) is 6.73 Å². The zero-order valence-electron chi connectivity index (χ0n) is 13.3. The first kappa shape index (κ1) is 16.1. The highest BCUT2D eigenvalue weighted by atomic mass is 16.5. The number of aromatic nitrogens is 1. The average Bonchev–Trinajstić information content (AvgIpc) is 2.49. The topological polar surface area (TPSA) is 45.8 Å². The second-order valence-corrected chi connectivity index (χ2v) is 6.19. The summed E-state index contributed by atoms with van der Waals surface area (Å²) in [6.07, 6.45) is 12.7. The minimum atomic E-state index is 0.158. The SMILES string of the molecule is CC(C)(C)c1cc[n+](COCN2C=CC(=CN=O)C=C2)cc1. The molecule has 5 heteroatoms. The van der Waals surface area contributed by atoms with Gasteiger partial charge in [0.05, 0.1) is 6.20 Å². The van der Waals surface area contributed by atoms with Crippen molar-refractivity contribution in [2.75, 3.05) is 6.73 Å². The molecule has 5 nitrogen and oxygen atoms in total. The van der Waals surface area contributed by atoms with E-state index in [1.807, 2.05) is 46.4 Å². The minimum absolute atomic E-state index is 0.158. The zero-order valence-corrected chi connectivity index (χ0v) is 13.3. The van der Waals surface area contributed by atoms with Gasteiger partial charge < -0.3 is 9.64 Å². The Morgan fingerprint density at radius 2 is 1.86 bits per heavy atom. The Kier molecular flexibility index (Phi) is 5.22. The molecule has 0 aromatic carbocycles. The summed E-state index contributed by atoms with van der Waals surface area (Å²) >= 11 is 0. The van der Waals surface area contributed by atoms with Crippen LogP contribution in [0.3, 0.4) is 0 Å². The number of nitroso groups, excluding NO2 is 1. The summed E-state index contributed by atoms with van der Waals surface area (Å²) in [6, 6.07) is 4.24. The van der Waals surface area contributed by atoms with Crippen LogP contribution in [0.1, 0.15) is 26.3 Å². The number of hydrogen-bond acceptors (Lipinski definition) is 4. The molecule has 0 saturated carbocycles. The molecule has 1 aromatic rings. The lowest BCUT2D eigenvalue weighted by Crippen LogP contribution is -2.36. The molecule has 0 aliphatic carbocycles. The number of rotatable bonds is 5. The molecule has 2 heterocycles. The summed E-state index contributed by atoms with van der Waals surface area (Å²) in [7, 11) is 0. The summed E-state index contributed by atoms with van der Waals surface area (Å²) in [5.74, 6) is 0. The Hall–Kier alpha value is -2.27. The molecule has 0 amide bonds. The normalized spacial score (nSPS) is 14.3. The third kappa shape index (κ3) is 4.63. The molecule has 0 saturated heterocycles. The standard InChI is InChI=1S/C17H22N3O2/c1-17(2,3)16-6-10-20(11-7-16)14-22-13-19-8-4-15(5-9-19)12-18-21/h4-12H,13-14H2,1-3H3/q+1. The maximum atomic E-state index is 10.1. The molecule has 2 rings (SSSR count). The Labute approximate surface area is 131 Å². The molecule has 0 radical (unpaired) electrons. The Balaban J connectivity index is 1.80.